The first-order valence-corrected chi connectivity index (χ1v) is 12.5. The third-order valence-electron chi connectivity index (χ3n) is 6.16. The number of hydrogen-bond donors (Lipinski definition) is 2. The third kappa shape index (κ3) is 5.02. The monoisotopic (exact) mass is 537 g/mol. The first kappa shape index (κ1) is 25.5. The molecule has 0 fully saturated rings. The van der Waals surface area contributed by atoms with Gasteiger partial charge in [0.05, 0.1) is 33.5 Å². The minimum Gasteiger partial charge on any atom is -0.363 e. The van der Waals surface area contributed by atoms with Gasteiger partial charge in [0, 0.05) is 30.8 Å². The lowest BCUT2D eigenvalue weighted by Gasteiger charge is -2.13. The Morgan fingerprint density at radius 1 is 1.03 bits per heavy atom. The number of unbranched alkanes of at least 4 members (excludes halogenated alkanes) is 1. The molecule has 5 aromatic rings. The SMILES string of the molecule is CCCCNC(=O)c1ccc(-c2cnc3c(NCc4ccc(F)cc4)nc4cc(F)c(F)cc4n23)cc1Cl. The number of nitrogens with zero attached hydrogens (tertiary/aromatic N) is 3. The van der Waals surface area contributed by atoms with Gasteiger partial charge in [-0.05, 0) is 36.2 Å². The lowest BCUT2D eigenvalue weighted by molar-refractivity contribution is 0.0953. The second-order valence-electron chi connectivity index (χ2n) is 8.80. The summed E-state index contributed by atoms with van der Waals surface area (Å²) in [6.45, 7) is 2.89. The fourth-order valence-corrected chi connectivity index (χ4v) is 4.44. The van der Waals surface area contributed by atoms with Crippen molar-refractivity contribution in [2.75, 3.05) is 11.9 Å². The molecule has 1 amide bonds. The number of aromatic nitrogens is 3. The first-order chi connectivity index (χ1) is 18.4. The van der Waals surface area contributed by atoms with Gasteiger partial charge < -0.3 is 10.6 Å². The summed E-state index contributed by atoms with van der Waals surface area (Å²) in [5, 5.41) is 6.25. The number of anilines is 1. The van der Waals surface area contributed by atoms with Crippen molar-refractivity contribution in [3.63, 3.8) is 0 Å². The lowest BCUT2D eigenvalue weighted by atomic mass is 10.1. The van der Waals surface area contributed by atoms with Crippen molar-refractivity contribution in [3.05, 3.63) is 94.4 Å². The van der Waals surface area contributed by atoms with Crippen molar-refractivity contribution in [3.8, 4) is 11.3 Å². The van der Waals surface area contributed by atoms with Gasteiger partial charge in [-0.25, -0.2) is 23.1 Å². The van der Waals surface area contributed by atoms with Crippen LogP contribution < -0.4 is 10.6 Å². The van der Waals surface area contributed by atoms with Gasteiger partial charge in [0.2, 0.25) is 0 Å². The summed E-state index contributed by atoms with van der Waals surface area (Å²) < 4.78 is 43.4. The van der Waals surface area contributed by atoms with Gasteiger partial charge in [-0.15, -0.1) is 0 Å². The molecule has 5 rings (SSSR count). The Balaban J connectivity index is 1.58. The van der Waals surface area contributed by atoms with Gasteiger partial charge in [-0.2, -0.15) is 0 Å². The van der Waals surface area contributed by atoms with Crippen LogP contribution in [0.3, 0.4) is 0 Å². The van der Waals surface area contributed by atoms with E-state index in [2.05, 4.69) is 20.6 Å². The van der Waals surface area contributed by atoms with Crippen LogP contribution in [0.2, 0.25) is 5.02 Å². The summed E-state index contributed by atoms with van der Waals surface area (Å²) in [6.07, 6.45) is 3.39. The van der Waals surface area contributed by atoms with Crippen molar-refractivity contribution >= 4 is 40.0 Å². The number of amides is 1. The second kappa shape index (κ2) is 10.7. The van der Waals surface area contributed by atoms with E-state index in [1.54, 1.807) is 40.9 Å². The highest BCUT2D eigenvalue weighted by Crippen LogP contribution is 2.32. The summed E-state index contributed by atoms with van der Waals surface area (Å²) in [6, 6.07) is 13.0. The number of fused-ring (bicyclic) bond motifs is 3. The molecule has 0 aliphatic heterocycles. The third-order valence-corrected chi connectivity index (χ3v) is 6.48. The summed E-state index contributed by atoms with van der Waals surface area (Å²) >= 11 is 6.48. The Morgan fingerprint density at radius 3 is 2.53 bits per heavy atom. The zero-order valence-corrected chi connectivity index (χ0v) is 21.1. The Kier molecular flexibility index (Phi) is 7.20. The quantitative estimate of drug-likeness (QED) is 0.214. The van der Waals surface area contributed by atoms with Crippen LogP contribution in [0.25, 0.3) is 27.9 Å². The van der Waals surface area contributed by atoms with E-state index >= 15 is 0 Å². The lowest BCUT2D eigenvalue weighted by Crippen LogP contribution is -2.24. The number of carbonyl (C=O) groups excluding carboxylic acids is 1. The molecule has 0 aliphatic rings. The highest BCUT2D eigenvalue weighted by atomic mass is 35.5. The van der Waals surface area contributed by atoms with Crippen LogP contribution >= 0.6 is 11.6 Å². The normalized spacial score (nSPS) is 11.3. The van der Waals surface area contributed by atoms with E-state index in [0.29, 0.717) is 46.9 Å². The van der Waals surface area contributed by atoms with Gasteiger partial charge in [-0.1, -0.05) is 43.1 Å². The first-order valence-electron chi connectivity index (χ1n) is 12.1. The number of imidazole rings is 1. The molecule has 0 saturated carbocycles. The average Bonchev–Trinajstić information content (AvgIpc) is 3.35. The molecule has 2 heterocycles. The topological polar surface area (TPSA) is 71.3 Å². The fraction of sp³-hybridized carbons (Fsp3) is 0.179. The molecule has 0 bridgehead atoms. The number of hydrogen-bond acceptors (Lipinski definition) is 4. The van der Waals surface area contributed by atoms with E-state index in [1.165, 1.54) is 12.1 Å². The predicted molar refractivity (Wildman–Crippen MR) is 142 cm³/mol. The molecule has 6 nitrogen and oxygen atoms in total. The Hall–Kier alpha value is -4.11. The summed E-state index contributed by atoms with van der Waals surface area (Å²) in [7, 11) is 0. The molecule has 0 unspecified atom stereocenters. The van der Waals surface area contributed by atoms with Crippen molar-refractivity contribution in [1.82, 2.24) is 19.7 Å². The van der Waals surface area contributed by atoms with Crippen molar-refractivity contribution in [2.45, 2.75) is 26.3 Å². The highest BCUT2D eigenvalue weighted by Gasteiger charge is 2.19. The maximum Gasteiger partial charge on any atom is 0.252 e. The van der Waals surface area contributed by atoms with Crippen LogP contribution in [0.1, 0.15) is 35.7 Å². The van der Waals surface area contributed by atoms with Crippen LogP contribution in [0.5, 0.6) is 0 Å². The molecule has 10 heteroatoms. The minimum atomic E-state index is -1.03. The predicted octanol–water partition coefficient (Wildman–Crippen LogP) is 6.76. The zero-order chi connectivity index (χ0) is 26.8. The molecule has 38 heavy (non-hydrogen) atoms. The van der Waals surface area contributed by atoms with E-state index in [-0.39, 0.29) is 22.3 Å². The van der Waals surface area contributed by atoms with Gasteiger partial charge in [0.25, 0.3) is 5.91 Å². The van der Waals surface area contributed by atoms with E-state index in [9.17, 15) is 18.0 Å². The molecule has 0 saturated heterocycles. The molecule has 194 valence electrons. The Labute approximate surface area is 221 Å². The molecule has 0 atom stereocenters. The summed E-state index contributed by atoms with van der Waals surface area (Å²) in [5.41, 5.74) is 3.17. The van der Waals surface area contributed by atoms with Crippen LogP contribution in [0.4, 0.5) is 19.0 Å². The second-order valence-corrected chi connectivity index (χ2v) is 9.21. The van der Waals surface area contributed by atoms with E-state index < -0.39 is 11.6 Å². The van der Waals surface area contributed by atoms with Crippen molar-refractivity contribution in [2.24, 2.45) is 0 Å². The van der Waals surface area contributed by atoms with Crippen LogP contribution in [-0.2, 0) is 6.54 Å². The number of rotatable bonds is 8. The number of benzene rings is 3. The van der Waals surface area contributed by atoms with Gasteiger partial charge in [-0.3, -0.25) is 9.20 Å². The zero-order valence-electron chi connectivity index (χ0n) is 20.4. The standard InChI is InChI=1S/C28H23ClF3N5O/c1-2-3-10-33-28(38)19-9-6-17(11-20(19)29)25-15-35-27-26(34-14-16-4-7-18(30)8-5-16)36-23-12-21(31)22(32)13-24(23)37(25)27/h4-9,11-13,15H,2-3,10,14H2,1H3,(H,33,38)(H,34,36). The smallest absolute Gasteiger partial charge is 0.252 e. The van der Waals surface area contributed by atoms with Crippen LogP contribution in [0.15, 0.2) is 60.8 Å². The molecular formula is C28H23ClF3N5O. The number of nitrogens with one attached hydrogen (secondary N) is 2. The van der Waals surface area contributed by atoms with Gasteiger partial charge in [0.15, 0.2) is 23.1 Å². The van der Waals surface area contributed by atoms with E-state index in [1.807, 2.05) is 6.92 Å². The highest BCUT2D eigenvalue weighted by molar-refractivity contribution is 6.34. The average molecular weight is 538 g/mol. The minimum absolute atomic E-state index is 0.204. The van der Waals surface area contributed by atoms with Crippen LogP contribution in [-0.4, -0.2) is 26.8 Å². The van der Waals surface area contributed by atoms with Crippen LogP contribution in [0, 0.1) is 17.5 Å². The van der Waals surface area contributed by atoms with Crippen molar-refractivity contribution < 1.29 is 18.0 Å². The van der Waals surface area contributed by atoms with E-state index in [0.717, 1.165) is 30.5 Å². The maximum absolute atomic E-state index is 14.3. The van der Waals surface area contributed by atoms with Gasteiger partial charge >= 0.3 is 0 Å². The van der Waals surface area contributed by atoms with Gasteiger partial charge in [0.1, 0.15) is 5.82 Å². The molecule has 2 aromatic heterocycles. The summed E-state index contributed by atoms with van der Waals surface area (Å²) in [5.74, 6) is -2.34. The fourth-order valence-electron chi connectivity index (χ4n) is 4.17. The van der Waals surface area contributed by atoms with Crippen molar-refractivity contribution in [1.29, 1.82) is 0 Å². The maximum atomic E-state index is 14.3. The Bertz CT molecular complexity index is 1650. The Morgan fingerprint density at radius 2 is 1.79 bits per heavy atom. The molecule has 0 radical (unpaired) electrons. The number of halogens is 4. The summed E-state index contributed by atoms with van der Waals surface area (Å²) in [4.78, 5) is 21.5. The molecule has 2 N–H and O–H groups in total. The molecular weight excluding hydrogens is 515 g/mol. The van der Waals surface area contributed by atoms with E-state index in [4.69, 9.17) is 11.6 Å². The molecule has 0 spiro atoms. The molecule has 0 aliphatic carbocycles. The largest absolute Gasteiger partial charge is 0.363 e. The number of carbonyl (C=O) groups is 1. The molecule has 3 aromatic carbocycles.